The zero-order valence-electron chi connectivity index (χ0n) is 13.3. The predicted octanol–water partition coefficient (Wildman–Crippen LogP) is 4.11. The van der Waals surface area contributed by atoms with E-state index in [2.05, 4.69) is 31.9 Å². The highest BCUT2D eigenvalue weighted by atomic mass is 79.9. The van der Waals surface area contributed by atoms with Crippen LogP contribution in [-0.4, -0.2) is 36.4 Å². The highest BCUT2D eigenvalue weighted by molar-refractivity contribution is 9.28. The summed E-state index contributed by atoms with van der Waals surface area (Å²) >= 11 is 6.64. The molecule has 0 unspecified atom stereocenters. The number of esters is 1. The Kier molecular flexibility index (Phi) is 5.46. The minimum absolute atomic E-state index is 0.339. The van der Waals surface area contributed by atoms with E-state index in [-0.39, 0.29) is 6.10 Å². The van der Waals surface area contributed by atoms with Gasteiger partial charge < -0.3 is 18.9 Å². The van der Waals surface area contributed by atoms with E-state index in [4.69, 9.17) is 18.9 Å². The third kappa shape index (κ3) is 4.08. The van der Waals surface area contributed by atoms with E-state index in [0.29, 0.717) is 12.0 Å². The zero-order chi connectivity index (χ0) is 17.3. The summed E-state index contributed by atoms with van der Waals surface area (Å²) in [5.41, 5.74) is 0.495. The number of hydrogen-bond donors (Lipinski definition) is 0. The normalized spacial score (nSPS) is 30.7. The van der Waals surface area contributed by atoms with Crippen molar-refractivity contribution in [2.75, 3.05) is 0 Å². The number of hydrogen-bond acceptors (Lipinski definition) is 5. The highest BCUT2D eigenvalue weighted by Gasteiger charge is 2.56. The lowest BCUT2D eigenvalue weighted by Gasteiger charge is -2.25. The molecule has 4 atom stereocenters. The number of fused-ring (bicyclic) bond motifs is 1. The third-order valence-electron chi connectivity index (χ3n) is 3.84. The van der Waals surface area contributed by atoms with Crippen molar-refractivity contribution in [3.63, 3.8) is 0 Å². The molecule has 2 heterocycles. The lowest BCUT2D eigenvalue weighted by Crippen LogP contribution is -2.38. The lowest BCUT2D eigenvalue weighted by atomic mass is 10.1. The van der Waals surface area contributed by atoms with Crippen molar-refractivity contribution in [1.29, 1.82) is 0 Å². The highest BCUT2D eigenvalue weighted by Crippen LogP contribution is 2.40. The van der Waals surface area contributed by atoms with E-state index >= 15 is 0 Å². The van der Waals surface area contributed by atoms with Gasteiger partial charge in [-0.25, -0.2) is 4.79 Å². The minimum Gasteiger partial charge on any atom is -0.453 e. The predicted molar refractivity (Wildman–Crippen MR) is 94.9 cm³/mol. The van der Waals surface area contributed by atoms with Crippen molar-refractivity contribution in [2.45, 2.75) is 50.7 Å². The van der Waals surface area contributed by atoms with E-state index in [1.807, 2.05) is 26.0 Å². The van der Waals surface area contributed by atoms with Gasteiger partial charge in [-0.05, 0) is 64.3 Å². The molecule has 0 radical (unpaired) electrons. The largest absolute Gasteiger partial charge is 0.453 e. The number of rotatable bonds is 4. The van der Waals surface area contributed by atoms with Crippen LogP contribution in [0.5, 0.6) is 0 Å². The zero-order valence-corrected chi connectivity index (χ0v) is 16.4. The Morgan fingerprint density at radius 2 is 1.96 bits per heavy atom. The van der Waals surface area contributed by atoms with Gasteiger partial charge in [0.1, 0.15) is 6.10 Å². The van der Waals surface area contributed by atoms with Gasteiger partial charge in [0.25, 0.3) is 0 Å². The number of carbonyl (C=O) groups excluding carboxylic acids is 1. The molecule has 1 aromatic carbocycles. The molecule has 0 aliphatic carbocycles. The van der Waals surface area contributed by atoms with Crippen molar-refractivity contribution in [3.8, 4) is 0 Å². The van der Waals surface area contributed by atoms with Crippen LogP contribution in [0.25, 0.3) is 0 Å². The van der Waals surface area contributed by atoms with Crippen molar-refractivity contribution in [1.82, 2.24) is 0 Å². The van der Waals surface area contributed by atoms with Crippen molar-refractivity contribution in [2.24, 2.45) is 0 Å². The first-order valence-corrected chi connectivity index (χ1v) is 9.22. The van der Waals surface area contributed by atoms with E-state index in [0.717, 1.165) is 3.39 Å². The Hall–Kier alpha value is -0.730. The Morgan fingerprint density at radius 1 is 1.25 bits per heavy atom. The van der Waals surface area contributed by atoms with Crippen LogP contribution in [0.2, 0.25) is 0 Å². The molecule has 0 N–H and O–H groups in total. The first-order valence-electron chi connectivity index (χ1n) is 7.64. The van der Waals surface area contributed by atoms with Gasteiger partial charge in [-0.1, -0.05) is 24.3 Å². The van der Waals surface area contributed by atoms with Crippen LogP contribution in [0.3, 0.4) is 0 Å². The molecular weight excluding hydrogens is 444 g/mol. The second-order valence-electron chi connectivity index (χ2n) is 6.11. The summed E-state index contributed by atoms with van der Waals surface area (Å²) < 4.78 is 24.1. The fourth-order valence-corrected chi connectivity index (χ4v) is 3.22. The number of halogens is 2. The average molecular weight is 462 g/mol. The first kappa shape index (κ1) is 18.1. The van der Waals surface area contributed by atoms with Crippen LogP contribution in [0.1, 0.15) is 30.6 Å². The van der Waals surface area contributed by atoms with E-state index < -0.39 is 30.3 Å². The molecule has 5 nitrogen and oxygen atoms in total. The van der Waals surface area contributed by atoms with Crippen LogP contribution < -0.4 is 0 Å². The van der Waals surface area contributed by atoms with Gasteiger partial charge in [-0.3, -0.25) is 0 Å². The van der Waals surface area contributed by atoms with Gasteiger partial charge in [0, 0.05) is 0 Å². The number of carbonyl (C=O) groups is 1. The molecule has 0 aromatic heterocycles. The summed E-state index contributed by atoms with van der Waals surface area (Å²) in [6.45, 7) is 3.63. The van der Waals surface area contributed by atoms with E-state index in [9.17, 15) is 4.79 Å². The van der Waals surface area contributed by atoms with Crippen molar-refractivity contribution in [3.05, 3.63) is 45.4 Å². The van der Waals surface area contributed by atoms with E-state index in [1.54, 1.807) is 24.3 Å². The summed E-state index contributed by atoms with van der Waals surface area (Å²) in [4.78, 5) is 12.4. The molecule has 2 fully saturated rings. The summed E-state index contributed by atoms with van der Waals surface area (Å²) in [5, 5.41) is 0. The Balaban J connectivity index is 1.77. The topological polar surface area (TPSA) is 54.0 Å². The van der Waals surface area contributed by atoms with Crippen LogP contribution in [-0.2, 0) is 18.9 Å². The molecule has 0 bridgehead atoms. The maximum atomic E-state index is 12.4. The number of benzene rings is 1. The maximum Gasteiger partial charge on any atom is 0.338 e. The molecule has 1 aromatic rings. The van der Waals surface area contributed by atoms with Crippen LogP contribution in [0.4, 0.5) is 0 Å². The van der Waals surface area contributed by atoms with Crippen LogP contribution >= 0.6 is 31.9 Å². The van der Waals surface area contributed by atoms with Gasteiger partial charge in [0.15, 0.2) is 24.3 Å². The molecule has 2 saturated heterocycles. The number of ether oxygens (including phenoxy) is 4. The fraction of sp³-hybridized carbons (Fsp3) is 0.471. The van der Waals surface area contributed by atoms with E-state index in [1.165, 1.54) is 0 Å². The fourth-order valence-electron chi connectivity index (χ4n) is 2.85. The average Bonchev–Trinajstić information content (AvgIpc) is 2.99. The Labute approximate surface area is 157 Å². The molecule has 24 heavy (non-hydrogen) atoms. The van der Waals surface area contributed by atoms with Gasteiger partial charge in [-0.2, -0.15) is 0 Å². The van der Waals surface area contributed by atoms with Crippen LogP contribution in [0, 0.1) is 0 Å². The smallest absolute Gasteiger partial charge is 0.338 e. The van der Waals surface area contributed by atoms with Gasteiger partial charge in [0.2, 0.25) is 0 Å². The molecule has 3 rings (SSSR count). The second-order valence-corrected chi connectivity index (χ2v) is 8.88. The van der Waals surface area contributed by atoms with Gasteiger partial charge in [0.05, 0.1) is 8.96 Å². The van der Waals surface area contributed by atoms with Crippen molar-refractivity contribution < 1.29 is 23.7 Å². The molecule has 0 amide bonds. The monoisotopic (exact) mass is 460 g/mol. The van der Waals surface area contributed by atoms with Gasteiger partial charge in [-0.15, -0.1) is 0 Å². The molecule has 2 aliphatic rings. The summed E-state index contributed by atoms with van der Waals surface area (Å²) in [6.07, 6.45) is 0.592. The molecular formula is C17H18Br2O5. The molecule has 7 heteroatoms. The molecule has 0 saturated carbocycles. The van der Waals surface area contributed by atoms with Gasteiger partial charge >= 0.3 is 5.97 Å². The summed E-state index contributed by atoms with van der Waals surface area (Å²) in [5.74, 6) is -1.16. The summed E-state index contributed by atoms with van der Waals surface area (Å²) in [6, 6.07) is 8.88. The van der Waals surface area contributed by atoms with Crippen molar-refractivity contribution >= 4 is 37.8 Å². The lowest BCUT2D eigenvalue weighted by molar-refractivity contribution is -0.214. The Bertz CT molecular complexity index is 627. The maximum absolute atomic E-state index is 12.4. The second kappa shape index (κ2) is 7.25. The quantitative estimate of drug-likeness (QED) is 0.631. The third-order valence-corrected chi connectivity index (χ3v) is 4.49. The molecule has 2 aliphatic heterocycles. The standard InChI is InChI=1S/C17H18Br2O5/c1-17(2)23-14-13(22-15(20)10-6-4-3-5-7-10)11(8-9-12(18)19)21-16(14)24-17/h3-7,9,11,13-14,16H,8H2,1-2H3/t11-,13-,14-,16-/m1/s1. The minimum atomic E-state index is -0.760. The Morgan fingerprint density at radius 3 is 2.62 bits per heavy atom. The first-order chi connectivity index (χ1) is 11.4. The van der Waals surface area contributed by atoms with Crippen LogP contribution in [0.15, 0.2) is 39.8 Å². The summed E-state index contributed by atoms with van der Waals surface area (Å²) in [7, 11) is 0. The SMILES string of the molecule is CC1(C)O[C@H]2O[C@H](CC=C(Br)Br)[C@@H](OC(=O)c3ccccc3)[C@H]2O1. The molecule has 130 valence electrons. The molecule has 0 spiro atoms.